The van der Waals surface area contributed by atoms with Gasteiger partial charge in [0.1, 0.15) is 6.04 Å². The van der Waals surface area contributed by atoms with Crippen LogP contribution in [0.3, 0.4) is 0 Å². The maximum absolute atomic E-state index is 12.5. The number of phenols is 1. The molecule has 0 spiro atoms. The fourth-order valence-corrected chi connectivity index (χ4v) is 5.32. The number of rotatable bonds is 5. The number of fused-ring (bicyclic) bond motifs is 3. The Hall–Kier alpha value is -3.23. The van der Waals surface area contributed by atoms with Gasteiger partial charge >= 0.3 is 5.97 Å². The highest BCUT2D eigenvalue weighted by molar-refractivity contribution is 5.85. The number of ether oxygens (including phenoxy) is 3. The Morgan fingerprint density at radius 1 is 1.12 bits per heavy atom. The quantitative estimate of drug-likeness (QED) is 0.513. The Morgan fingerprint density at radius 2 is 1.85 bits per heavy atom. The average Bonchev–Trinajstić information content (AvgIpc) is 3.48. The molecule has 3 heterocycles. The second kappa shape index (κ2) is 8.61. The third kappa shape index (κ3) is 3.59. The average molecular weight is 452 g/mol. The van der Waals surface area contributed by atoms with Gasteiger partial charge in [0.15, 0.2) is 11.5 Å². The van der Waals surface area contributed by atoms with Crippen LogP contribution >= 0.6 is 0 Å². The summed E-state index contributed by atoms with van der Waals surface area (Å²) in [5, 5.41) is 15.4. The minimum absolute atomic E-state index is 0.0294. The Kier molecular flexibility index (Phi) is 5.64. The number of carbonyl (C=O) groups excluding carboxylic acids is 1. The van der Waals surface area contributed by atoms with E-state index in [1.807, 2.05) is 24.3 Å². The molecule has 0 radical (unpaired) electrons. The van der Waals surface area contributed by atoms with Crippen LogP contribution in [0.4, 0.5) is 0 Å². The maximum Gasteiger partial charge on any atom is 0.323 e. The second-order valence-corrected chi connectivity index (χ2v) is 8.58. The van der Waals surface area contributed by atoms with Gasteiger partial charge in [-0.05, 0) is 42.2 Å². The zero-order valence-electron chi connectivity index (χ0n) is 19.1. The number of nitrogens with one attached hydrogen (secondary N) is 2. The minimum atomic E-state index is -0.260. The zero-order chi connectivity index (χ0) is 23.1. The molecule has 2 aliphatic rings. The normalized spacial score (nSPS) is 22.8. The molecular formula is C25H29N3O5. The highest BCUT2D eigenvalue weighted by Crippen LogP contribution is 2.43. The fraction of sp³-hybridized carbons (Fsp3) is 0.400. The smallest absolute Gasteiger partial charge is 0.323 e. The number of methoxy groups -OCH3 is 3. The van der Waals surface area contributed by atoms with Crippen molar-refractivity contribution < 1.29 is 24.1 Å². The number of aromatic hydroxyl groups is 1. The number of aromatic amines is 1. The summed E-state index contributed by atoms with van der Waals surface area (Å²) in [6.45, 7) is 0.823. The first-order valence-corrected chi connectivity index (χ1v) is 11.2. The van der Waals surface area contributed by atoms with Gasteiger partial charge in [-0.25, -0.2) is 0 Å². The van der Waals surface area contributed by atoms with Crippen LogP contribution in [0.5, 0.6) is 17.2 Å². The summed E-state index contributed by atoms with van der Waals surface area (Å²) in [6, 6.07) is 11.4. The predicted octanol–water partition coefficient (Wildman–Crippen LogP) is 3.09. The first kappa shape index (κ1) is 21.6. The van der Waals surface area contributed by atoms with Crippen molar-refractivity contribution in [2.45, 2.75) is 37.5 Å². The molecule has 0 bridgehead atoms. The number of esters is 1. The van der Waals surface area contributed by atoms with Crippen LogP contribution in [0.1, 0.15) is 35.7 Å². The van der Waals surface area contributed by atoms with Gasteiger partial charge in [0.25, 0.3) is 0 Å². The molecule has 2 aromatic carbocycles. The lowest BCUT2D eigenvalue weighted by atomic mass is 9.91. The number of phenolic OH excluding ortho intramolecular Hbond substituents is 1. The monoisotopic (exact) mass is 451 g/mol. The van der Waals surface area contributed by atoms with Gasteiger partial charge in [-0.2, -0.15) is 0 Å². The van der Waals surface area contributed by atoms with Crippen LogP contribution in [0.25, 0.3) is 10.9 Å². The van der Waals surface area contributed by atoms with Crippen LogP contribution < -0.4 is 14.8 Å². The van der Waals surface area contributed by atoms with E-state index < -0.39 is 0 Å². The summed E-state index contributed by atoms with van der Waals surface area (Å²) in [4.78, 5) is 18.3. The van der Waals surface area contributed by atoms with Gasteiger partial charge < -0.3 is 24.3 Å². The van der Waals surface area contributed by atoms with E-state index in [1.54, 1.807) is 0 Å². The number of aromatic nitrogens is 1. The molecule has 33 heavy (non-hydrogen) atoms. The Balaban J connectivity index is 1.63. The molecule has 0 unspecified atom stereocenters. The van der Waals surface area contributed by atoms with Gasteiger partial charge in [-0.1, -0.05) is 18.2 Å². The lowest BCUT2D eigenvalue weighted by Gasteiger charge is -2.39. The van der Waals surface area contributed by atoms with Crippen molar-refractivity contribution >= 4 is 16.9 Å². The molecule has 3 N–H and O–H groups in total. The van der Waals surface area contributed by atoms with Gasteiger partial charge in [0.2, 0.25) is 5.75 Å². The van der Waals surface area contributed by atoms with E-state index in [9.17, 15) is 9.90 Å². The Bertz CT molecular complexity index is 1160. The molecule has 1 aromatic heterocycles. The lowest BCUT2D eigenvalue weighted by Crippen LogP contribution is -2.54. The molecule has 0 amide bonds. The fourth-order valence-electron chi connectivity index (χ4n) is 5.32. The first-order chi connectivity index (χ1) is 16.0. The van der Waals surface area contributed by atoms with Crippen LogP contribution in [-0.2, 0) is 16.0 Å². The molecule has 0 saturated carbocycles. The van der Waals surface area contributed by atoms with E-state index in [1.165, 1.54) is 32.3 Å². The molecule has 1 fully saturated rings. The van der Waals surface area contributed by atoms with Crippen molar-refractivity contribution in [3.63, 3.8) is 0 Å². The van der Waals surface area contributed by atoms with Crippen LogP contribution in [-0.4, -0.2) is 61.0 Å². The van der Waals surface area contributed by atoms with Crippen LogP contribution in [0.15, 0.2) is 36.4 Å². The van der Waals surface area contributed by atoms with E-state index in [0.717, 1.165) is 42.6 Å². The molecule has 8 heteroatoms. The number of nitrogens with zero attached hydrogens (tertiary/aromatic N) is 1. The second-order valence-electron chi connectivity index (χ2n) is 8.58. The molecule has 0 aliphatic carbocycles. The summed E-state index contributed by atoms with van der Waals surface area (Å²) in [7, 11) is 4.49. The van der Waals surface area contributed by atoms with Gasteiger partial charge in [0.05, 0.1) is 33.5 Å². The van der Waals surface area contributed by atoms with Crippen molar-refractivity contribution in [3.05, 3.63) is 53.2 Å². The third-order valence-corrected chi connectivity index (χ3v) is 6.90. The summed E-state index contributed by atoms with van der Waals surface area (Å²) in [5.74, 6) is 0.473. The van der Waals surface area contributed by atoms with E-state index in [2.05, 4.69) is 27.3 Å². The Labute approximate surface area is 192 Å². The zero-order valence-corrected chi connectivity index (χ0v) is 19.1. The number of hydrogen-bond donors (Lipinski definition) is 3. The van der Waals surface area contributed by atoms with Crippen molar-refractivity contribution in [1.29, 1.82) is 0 Å². The van der Waals surface area contributed by atoms with E-state index in [0.29, 0.717) is 11.5 Å². The molecular weight excluding hydrogens is 422 g/mol. The molecule has 174 valence electrons. The molecule has 3 aromatic rings. The van der Waals surface area contributed by atoms with Crippen molar-refractivity contribution in [3.8, 4) is 17.2 Å². The third-order valence-electron chi connectivity index (χ3n) is 6.90. The van der Waals surface area contributed by atoms with E-state index in [-0.39, 0.29) is 30.0 Å². The summed E-state index contributed by atoms with van der Waals surface area (Å²) in [6.07, 6.45) is 2.44. The number of H-pyrrole nitrogens is 1. The number of carbonyl (C=O) groups is 1. The first-order valence-electron chi connectivity index (χ1n) is 11.2. The molecule has 5 rings (SSSR count). The van der Waals surface area contributed by atoms with E-state index in [4.69, 9.17) is 14.2 Å². The predicted molar refractivity (Wildman–Crippen MR) is 124 cm³/mol. The Morgan fingerprint density at radius 3 is 2.55 bits per heavy atom. The summed E-state index contributed by atoms with van der Waals surface area (Å²) < 4.78 is 15.9. The SMILES string of the molecule is COC(=O)[C@H]1CCCN1[C@@H]1Cc2c([nH]c3ccccc23)[C@@H](c2cc(OC)c(O)c(OC)c2)N1. The largest absolute Gasteiger partial charge is 0.502 e. The lowest BCUT2D eigenvalue weighted by molar-refractivity contribution is -0.147. The number of likely N-dealkylation sites (tertiary alicyclic amines) is 1. The van der Waals surface area contributed by atoms with Crippen molar-refractivity contribution in [2.75, 3.05) is 27.9 Å². The standard InChI is InChI=1S/C25H29N3O5/c1-31-19-11-14(12-20(32-2)24(19)29)22-23-16(15-7-4-5-8-17(15)26-23)13-21(27-22)28-10-6-9-18(28)25(30)33-3/h4-5,7-8,11-12,18,21-22,26-27,29H,6,9-10,13H2,1-3H3/t18-,21-,22-/m1/s1. The van der Waals surface area contributed by atoms with Crippen LogP contribution in [0, 0.1) is 0 Å². The van der Waals surface area contributed by atoms with Gasteiger partial charge in [-0.3, -0.25) is 15.0 Å². The van der Waals surface area contributed by atoms with Crippen LogP contribution in [0.2, 0.25) is 0 Å². The summed E-state index contributed by atoms with van der Waals surface area (Å²) >= 11 is 0. The minimum Gasteiger partial charge on any atom is -0.502 e. The van der Waals surface area contributed by atoms with Gasteiger partial charge in [0, 0.05) is 29.6 Å². The maximum atomic E-state index is 12.5. The number of hydrogen-bond acceptors (Lipinski definition) is 7. The number of benzene rings is 2. The molecule has 1 saturated heterocycles. The molecule has 8 nitrogen and oxygen atoms in total. The van der Waals surface area contributed by atoms with Gasteiger partial charge in [-0.15, -0.1) is 0 Å². The highest BCUT2D eigenvalue weighted by Gasteiger charge is 2.41. The van der Waals surface area contributed by atoms with E-state index >= 15 is 0 Å². The van der Waals surface area contributed by atoms with Crippen molar-refractivity contribution in [2.24, 2.45) is 0 Å². The highest BCUT2D eigenvalue weighted by atomic mass is 16.5. The summed E-state index contributed by atoms with van der Waals surface area (Å²) in [5.41, 5.74) is 4.25. The molecule has 3 atom stereocenters. The van der Waals surface area contributed by atoms with Crippen molar-refractivity contribution in [1.82, 2.24) is 15.2 Å². The molecule has 2 aliphatic heterocycles. The topological polar surface area (TPSA) is 96.1 Å². The number of para-hydroxylation sites is 1.